The maximum atomic E-state index is 11.5. The first-order chi connectivity index (χ1) is 6.66. The smallest absolute Gasteiger partial charge is 0.313 e. The van der Waals surface area contributed by atoms with Crippen LogP contribution in [0.2, 0.25) is 0 Å². The third-order valence-corrected chi connectivity index (χ3v) is 2.91. The molecule has 2 rings (SSSR count). The van der Waals surface area contributed by atoms with Crippen molar-refractivity contribution in [3.8, 4) is 0 Å². The van der Waals surface area contributed by atoms with Crippen molar-refractivity contribution in [2.24, 2.45) is 17.8 Å². The van der Waals surface area contributed by atoms with Crippen LogP contribution < -0.4 is 0 Å². The Bertz CT molecular complexity index is 293. The molecule has 76 valence electrons. The number of allylic oxidation sites excluding steroid dienone is 1. The van der Waals surface area contributed by atoms with Crippen LogP contribution in [0, 0.1) is 17.8 Å². The number of rotatable bonds is 0. The first-order valence-corrected chi connectivity index (χ1v) is 5.03. The lowest BCUT2D eigenvalue weighted by atomic mass is 9.85. The third-order valence-electron chi connectivity index (χ3n) is 2.91. The van der Waals surface area contributed by atoms with Crippen LogP contribution in [0.25, 0.3) is 0 Å². The van der Waals surface area contributed by atoms with Crippen LogP contribution in [0.5, 0.6) is 0 Å². The largest absolute Gasteiger partial charge is 0.465 e. The van der Waals surface area contributed by atoms with Gasteiger partial charge in [-0.15, -0.1) is 0 Å². The fourth-order valence-electron chi connectivity index (χ4n) is 2.12. The number of carbonyl (C=O) groups excluding carboxylic acids is 2. The lowest BCUT2D eigenvalue weighted by Crippen LogP contribution is -2.20. The van der Waals surface area contributed by atoms with E-state index in [4.69, 9.17) is 4.74 Å². The summed E-state index contributed by atoms with van der Waals surface area (Å²) < 4.78 is 4.95. The van der Waals surface area contributed by atoms with Gasteiger partial charge in [-0.3, -0.25) is 9.59 Å². The van der Waals surface area contributed by atoms with E-state index in [2.05, 4.69) is 0 Å². The first kappa shape index (κ1) is 9.44. The highest BCUT2D eigenvalue weighted by Gasteiger charge is 2.37. The zero-order chi connectivity index (χ0) is 10.1. The molecule has 1 aliphatic heterocycles. The Morgan fingerprint density at radius 3 is 2.86 bits per heavy atom. The van der Waals surface area contributed by atoms with E-state index in [9.17, 15) is 9.59 Å². The van der Waals surface area contributed by atoms with Gasteiger partial charge in [-0.1, -0.05) is 19.1 Å². The average Bonchev–Trinajstić information content (AvgIpc) is 2.41. The minimum atomic E-state index is -0.179. The van der Waals surface area contributed by atoms with Crippen molar-refractivity contribution in [1.82, 2.24) is 0 Å². The summed E-state index contributed by atoms with van der Waals surface area (Å²) in [5.41, 5.74) is 0. The number of carbonyl (C=O) groups is 2. The Kier molecular flexibility index (Phi) is 2.40. The fraction of sp³-hybridized carbons (Fsp3) is 0.636. The summed E-state index contributed by atoms with van der Waals surface area (Å²) in [6, 6.07) is 0. The van der Waals surface area contributed by atoms with Gasteiger partial charge in [-0.2, -0.15) is 0 Å². The Hall–Kier alpha value is -1.12. The summed E-state index contributed by atoms with van der Waals surface area (Å²) in [5.74, 6) is 0.223. The number of cyclic esters (lactones) is 1. The zero-order valence-corrected chi connectivity index (χ0v) is 8.23. The zero-order valence-electron chi connectivity index (χ0n) is 8.23. The first-order valence-electron chi connectivity index (χ1n) is 5.03. The van der Waals surface area contributed by atoms with E-state index < -0.39 is 0 Å². The Morgan fingerprint density at radius 1 is 1.29 bits per heavy atom. The number of hydrogen-bond donors (Lipinski definition) is 0. The molecule has 0 spiro atoms. The molecule has 2 aliphatic rings. The molecule has 0 saturated carbocycles. The number of fused-ring (bicyclic) bond motifs is 1. The van der Waals surface area contributed by atoms with Gasteiger partial charge in [0.2, 0.25) is 0 Å². The molecule has 1 fully saturated rings. The van der Waals surface area contributed by atoms with Gasteiger partial charge in [0.05, 0.1) is 12.5 Å². The van der Waals surface area contributed by atoms with Crippen LogP contribution >= 0.6 is 0 Å². The van der Waals surface area contributed by atoms with E-state index in [-0.39, 0.29) is 29.5 Å². The number of Topliss-reactive ketones (excluding diaryl/α,β-unsaturated/α-hetero) is 1. The van der Waals surface area contributed by atoms with E-state index in [1.54, 1.807) is 0 Å². The molecule has 0 aromatic rings. The summed E-state index contributed by atoms with van der Waals surface area (Å²) in [6.45, 7) is 2.41. The summed E-state index contributed by atoms with van der Waals surface area (Å²) in [4.78, 5) is 22.8. The second kappa shape index (κ2) is 3.56. The lowest BCUT2D eigenvalue weighted by Gasteiger charge is -2.16. The summed E-state index contributed by atoms with van der Waals surface area (Å²) >= 11 is 0. The van der Waals surface area contributed by atoms with Gasteiger partial charge in [0.25, 0.3) is 0 Å². The van der Waals surface area contributed by atoms with Crippen molar-refractivity contribution < 1.29 is 14.3 Å². The molecule has 1 saturated heterocycles. The van der Waals surface area contributed by atoms with Crippen LogP contribution in [-0.4, -0.2) is 18.4 Å². The number of esters is 1. The average molecular weight is 194 g/mol. The SMILES string of the molecule is C[C@H]1/C=C\C2C(=O)OC[C@@H]2CC(=O)C1. The second-order valence-electron chi connectivity index (χ2n) is 4.23. The van der Waals surface area contributed by atoms with Crippen molar-refractivity contribution in [2.75, 3.05) is 6.61 Å². The van der Waals surface area contributed by atoms with Gasteiger partial charge in [0, 0.05) is 18.8 Å². The molecule has 1 unspecified atom stereocenters. The predicted molar refractivity (Wildman–Crippen MR) is 50.5 cm³/mol. The molecule has 0 bridgehead atoms. The van der Waals surface area contributed by atoms with Gasteiger partial charge in [-0.05, 0) is 5.92 Å². The maximum Gasteiger partial charge on any atom is 0.313 e. The van der Waals surface area contributed by atoms with Crippen LogP contribution in [0.4, 0.5) is 0 Å². The highest BCUT2D eigenvalue weighted by atomic mass is 16.5. The van der Waals surface area contributed by atoms with Gasteiger partial charge < -0.3 is 4.74 Å². The van der Waals surface area contributed by atoms with Crippen LogP contribution in [0.3, 0.4) is 0 Å². The van der Waals surface area contributed by atoms with Crippen molar-refractivity contribution in [3.63, 3.8) is 0 Å². The molecule has 1 heterocycles. The summed E-state index contributed by atoms with van der Waals surface area (Å²) in [6.07, 6.45) is 4.96. The second-order valence-corrected chi connectivity index (χ2v) is 4.23. The van der Waals surface area contributed by atoms with Crippen molar-refractivity contribution in [2.45, 2.75) is 19.8 Å². The lowest BCUT2D eigenvalue weighted by molar-refractivity contribution is -0.140. The van der Waals surface area contributed by atoms with E-state index in [0.29, 0.717) is 19.4 Å². The molecule has 0 amide bonds. The molecule has 0 N–H and O–H groups in total. The Balaban J connectivity index is 2.21. The van der Waals surface area contributed by atoms with E-state index in [1.165, 1.54) is 0 Å². The van der Waals surface area contributed by atoms with Crippen molar-refractivity contribution in [3.05, 3.63) is 12.2 Å². The minimum Gasteiger partial charge on any atom is -0.465 e. The van der Waals surface area contributed by atoms with Crippen LogP contribution in [-0.2, 0) is 14.3 Å². The number of hydrogen-bond acceptors (Lipinski definition) is 3. The molecule has 3 heteroatoms. The van der Waals surface area contributed by atoms with Crippen LogP contribution in [0.1, 0.15) is 19.8 Å². The van der Waals surface area contributed by atoms with Crippen LogP contribution in [0.15, 0.2) is 12.2 Å². The van der Waals surface area contributed by atoms with Gasteiger partial charge in [-0.25, -0.2) is 0 Å². The van der Waals surface area contributed by atoms with E-state index in [1.807, 2.05) is 19.1 Å². The standard InChI is InChI=1S/C11H14O3/c1-7-2-3-10-8(5-9(12)4-7)6-14-11(10)13/h2-3,7-8,10H,4-6H2,1H3/b3-2-/t7-,8-,10?/m0/s1. The Morgan fingerprint density at radius 2 is 2.07 bits per heavy atom. The van der Waals surface area contributed by atoms with E-state index in [0.717, 1.165) is 0 Å². The van der Waals surface area contributed by atoms with Gasteiger partial charge in [0.1, 0.15) is 5.78 Å². The molecule has 1 aliphatic carbocycles. The minimum absolute atomic E-state index is 0.0822. The highest BCUT2D eigenvalue weighted by molar-refractivity contribution is 5.83. The summed E-state index contributed by atoms with van der Waals surface area (Å²) in [5, 5.41) is 0. The Labute approximate surface area is 83.1 Å². The number of ketones is 1. The van der Waals surface area contributed by atoms with Crippen molar-refractivity contribution in [1.29, 1.82) is 0 Å². The third kappa shape index (κ3) is 1.72. The maximum absolute atomic E-state index is 11.5. The number of ether oxygens (including phenoxy) is 1. The highest BCUT2D eigenvalue weighted by Crippen LogP contribution is 2.30. The molecule has 3 nitrogen and oxygen atoms in total. The van der Waals surface area contributed by atoms with Gasteiger partial charge >= 0.3 is 5.97 Å². The quantitative estimate of drug-likeness (QED) is 0.431. The van der Waals surface area contributed by atoms with E-state index >= 15 is 0 Å². The topological polar surface area (TPSA) is 43.4 Å². The molecule has 3 atom stereocenters. The summed E-state index contributed by atoms with van der Waals surface area (Å²) in [7, 11) is 0. The van der Waals surface area contributed by atoms with Crippen molar-refractivity contribution >= 4 is 11.8 Å². The molecular weight excluding hydrogens is 180 g/mol. The monoisotopic (exact) mass is 194 g/mol. The molecule has 14 heavy (non-hydrogen) atoms. The fourth-order valence-corrected chi connectivity index (χ4v) is 2.12. The normalized spacial score (nSPS) is 39.6. The molecule has 0 radical (unpaired) electrons. The molecular formula is C11H14O3. The van der Waals surface area contributed by atoms with Gasteiger partial charge in [0.15, 0.2) is 0 Å². The predicted octanol–water partition coefficient (Wildman–Crippen LogP) is 1.33. The molecule has 0 aromatic heterocycles. The molecule has 0 aromatic carbocycles.